The second-order valence-electron chi connectivity index (χ2n) is 6.08. The molecule has 136 valence electrons. The fraction of sp³-hybridized carbons (Fsp3) is 0.300. The summed E-state index contributed by atoms with van der Waals surface area (Å²) in [5.74, 6) is -0.472. The molecule has 0 bridgehead atoms. The summed E-state index contributed by atoms with van der Waals surface area (Å²) in [6.45, 7) is 1.20. The zero-order valence-electron chi connectivity index (χ0n) is 14.7. The normalized spacial score (nSPS) is 16.1. The number of benzene rings is 2. The topological polar surface area (TPSA) is 76.7 Å². The molecule has 26 heavy (non-hydrogen) atoms. The fourth-order valence-corrected chi connectivity index (χ4v) is 2.84. The van der Waals surface area contributed by atoms with Crippen molar-refractivity contribution in [2.24, 2.45) is 0 Å². The quantitative estimate of drug-likeness (QED) is 0.779. The third-order valence-corrected chi connectivity index (χ3v) is 4.26. The number of carbonyl (C=O) groups is 2. The van der Waals surface area contributed by atoms with Gasteiger partial charge in [-0.05, 0) is 42.7 Å². The Balaban J connectivity index is 1.58. The van der Waals surface area contributed by atoms with Crippen LogP contribution in [0.25, 0.3) is 0 Å². The Morgan fingerprint density at radius 3 is 2.62 bits per heavy atom. The summed E-state index contributed by atoms with van der Waals surface area (Å²) in [4.78, 5) is 23.8. The molecule has 0 aliphatic carbocycles. The summed E-state index contributed by atoms with van der Waals surface area (Å²) >= 11 is 0. The van der Waals surface area contributed by atoms with E-state index in [1.165, 1.54) is 7.11 Å². The number of carbonyl (C=O) groups excluding carboxylic acids is 2. The van der Waals surface area contributed by atoms with Crippen molar-refractivity contribution in [3.8, 4) is 0 Å². The van der Waals surface area contributed by atoms with Crippen molar-refractivity contribution in [2.75, 3.05) is 24.4 Å². The van der Waals surface area contributed by atoms with E-state index in [0.717, 1.165) is 29.8 Å². The van der Waals surface area contributed by atoms with Gasteiger partial charge in [0.25, 0.3) is 5.91 Å². The summed E-state index contributed by atoms with van der Waals surface area (Å²) < 4.78 is 10.2. The van der Waals surface area contributed by atoms with Gasteiger partial charge in [0.1, 0.15) is 6.10 Å². The Labute approximate surface area is 152 Å². The number of hydrogen-bond donors (Lipinski definition) is 2. The first-order chi connectivity index (χ1) is 12.7. The summed E-state index contributed by atoms with van der Waals surface area (Å²) in [6.07, 6.45) is 1.36. The number of nitrogens with one attached hydrogen (secondary N) is 2. The average Bonchev–Trinajstić information content (AvgIpc) is 3.22. The van der Waals surface area contributed by atoms with Gasteiger partial charge < -0.3 is 20.1 Å². The molecule has 1 fully saturated rings. The molecule has 0 saturated carbocycles. The molecule has 1 saturated heterocycles. The number of anilines is 2. The molecule has 6 nitrogen and oxygen atoms in total. The second-order valence-corrected chi connectivity index (χ2v) is 6.08. The molecule has 1 aliphatic rings. The van der Waals surface area contributed by atoms with Crippen LogP contribution >= 0.6 is 0 Å². The predicted octanol–water partition coefficient (Wildman–Crippen LogP) is 3.20. The van der Waals surface area contributed by atoms with Crippen LogP contribution in [0.5, 0.6) is 0 Å². The number of ether oxygens (including phenoxy) is 2. The third-order valence-electron chi connectivity index (χ3n) is 4.26. The van der Waals surface area contributed by atoms with Gasteiger partial charge in [-0.3, -0.25) is 4.79 Å². The lowest BCUT2D eigenvalue weighted by atomic mass is 10.1. The summed E-state index contributed by atoms with van der Waals surface area (Å²) in [7, 11) is 1.36. The SMILES string of the molecule is COC(=O)c1ccccc1NCc1ccc(NC(=O)C2CCCO2)cc1. The first kappa shape index (κ1) is 17.9. The minimum atomic E-state index is -0.375. The molecule has 1 amide bonds. The number of amides is 1. The van der Waals surface area contributed by atoms with Gasteiger partial charge in [-0.15, -0.1) is 0 Å². The second kappa shape index (κ2) is 8.49. The zero-order valence-corrected chi connectivity index (χ0v) is 14.7. The van der Waals surface area contributed by atoms with Gasteiger partial charge >= 0.3 is 5.97 Å². The van der Waals surface area contributed by atoms with Crippen molar-refractivity contribution in [1.82, 2.24) is 0 Å². The average molecular weight is 354 g/mol. The minimum absolute atomic E-state index is 0.0969. The maximum Gasteiger partial charge on any atom is 0.339 e. The van der Waals surface area contributed by atoms with Crippen molar-refractivity contribution in [1.29, 1.82) is 0 Å². The lowest BCUT2D eigenvalue weighted by Crippen LogP contribution is -2.26. The van der Waals surface area contributed by atoms with Gasteiger partial charge in [0.2, 0.25) is 0 Å². The first-order valence-corrected chi connectivity index (χ1v) is 8.60. The Morgan fingerprint density at radius 1 is 1.15 bits per heavy atom. The van der Waals surface area contributed by atoms with Crippen LogP contribution in [0.1, 0.15) is 28.8 Å². The molecule has 3 rings (SSSR count). The van der Waals surface area contributed by atoms with E-state index in [2.05, 4.69) is 10.6 Å². The Kier molecular flexibility index (Phi) is 5.86. The number of esters is 1. The molecule has 1 unspecified atom stereocenters. The van der Waals surface area contributed by atoms with Crippen molar-refractivity contribution >= 4 is 23.3 Å². The molecule has 2 aromatic rings. The molecule has 1 heterocycles. The molecule has 1 aliphatic heterocycles. The molecule has 2 N–H and O–H groups in total. The molecule has 0 radical (unpaired) electrons. The Hall–Kier alpha value is -2.86. The first-order valence-electron chi connectivity index (χ1n) is 8.60. The number of para-hydroxylation sites is 1. The molecular formula is C20H22N2O4. The number of rotatable bonds is 6. The fourth-order valence-electron chi connectivity index (χ4n) is 2.84. The van der Waals surface area contributed by atoms with E-state index in [-0.39, 0.29) is 18.0 Å². The van der Waals surface area contributed by atoms with E-state index in [1.54, 1.807) is 12.1 Å². The van der Waals surface area contributed by atoms with Crippen LogP contribution in [0.15, 0.2) is 48.5 Å². The lowest BCUT2D eigenvalue weighted by Gasteiger charge is -2.12. The van der Waals surface area contributed by atoms with E-state index in [1.807, 2.05) is 36.4 Å². The predicted molar refractivity (Wildman–Crippen MR) is 99.2 cm³/mol. The van der Waals surface area contributed by atoms with Gasteiger partial charge in [-0.1, -0.05) is 24.3 Å². The van der Waals surface area contributed by atoms with Gasteiger partial charge in [0.05, 0.1) is 12.7 Å². The van der Waals surface area contributed by atoms with Crippen LogP contribution < -0.4 is 10.6 Å². The van der Waals surface area contributed by atoms with Crippen LogP contribution in [-0.4, -0.2) is 31.7 Å². The molecular weight excluding hydrogens is 332 g/mol. The molecule has 0 aromatic heterocycles. The highest BCUT2D eigenvalue weighted by Gasteiger charge is 2.23. The monoisotopic (exact) mass is 354 g/mol. The number of methoxy groups -OCH3 is 1. The molecule has 2 aromatic carbocycles. The maximum atomic E-state index is 12.0. The van der Waals surface area contributed by atoms with Crippen LogP contribution in [0.3, 0.4) is 0 Å². The van der Waals surface area contributed by atoms with Crippen LogP contribution in [0.4, 0.5) is 11.4 Å². The highest BCUT2D eigenvalue weighted by Crippen LogP contribution is 2.19. The van der Waals surface area contributed by atoms with E-state index in [4.69, 9.17) is 9.47 Å². The summed E-state index contributed by atoms with van der Waals surface area (Å²) in [5, 5.41) is 6.11. The van der Waals surface area contributed by atoms with Gasteiger partial charge in [0.15, 0.2) is 0 Å². The van der Waals surface area contributed by atoms with Crippen LogP contribution in [0, 0.1) is 0 Å². The Bertz CT molecular complexity index is 768. The zero-order chi connectivity index (χ0) is 18.4. The minimum Gasteiger partial charge on any atom is -0.465 e. The standard InChI is InChI=1S/C20H22N2O4/c1-25-20(24)16-5-2-3-6-17(16)21-13-14-8-10-15(11-9-14)22-19(23)18-7-4-12-26-18/h2-3,5-6,8-11,18,21H,4,7,12-13H2,1H3,(H,22,23). The molecule has 1 atom stereocenters. The third kappa shape index (κ3) is 4.40. The van der Waals surface area contributed by atoms with E-state index >= 15 is 0 Å². The van der Waals surface area contributed by atoms with E-state index in [0.29, 0.717) is 18.7 Å². The van der Waals surface area contributed by atoms with Crippen molar-refractivity contribution in [3.63, 3.8) is 0 Å². The molecule has 0 spiro atoms. The van der Waals surface area contributed by atoms with Gasteiger partial charge in [0, 0.05) is 24.5 Å². The van der Waals surface area contributed by atoms with Crippen LogP contribution in [0.2, 0.25) is 0 Å². The van der Waals surface area contributed by atoms with Crippen LogP contribution in [-0.2, 0) is 20.8 Å². The lowest BCUT2D eigenvalue weighted by molar-refractivity contribution is -0.124. The maximum absolute atomic E-state index is 12.0. The smallest absolute Gasteiger partial charge is 0.339 e. The number of hydrogen-bond acceptors (Lipinski definition) is 5. The summed E-state index contributed by atoms with van der Waals surface area (Å²) in [6, 6.07) is 14.8. The molecule has 6 heteroatoms. The van der Waals surface area contributed by atoms with E-state index < -0.39 is 0 Å². The highest BCUT2D eigenvalue weighted by atomic mass is 16.5. The van der Waals surface area contributed by atoms with E-state index in [9.17, 15) is 9.59 Å². The van der Waals surface area contributed by atoms with Crippen molar-refractivity contribution in [2.45, 2.75) is 25.5 Å². The Morgan fingerprint density at radius 2 is 1.92 bits per heavy atom. The van der Waals surface area contributed by atoms with Gasteiger partial charge in [-0.25, -0.2) is 4.79 Å². The largest absolute Gasteiger partial charge is 0.465 e. The van der Waals surface area contributed by atoms with Gasteiger partial charge in [-0.2, -0.15) is 0 Å². The highest BCUT2D eigenvalue weighted by molar-refractivity contribution is 5.95. The van der Waals surface area contributed by atoms with Crippen molar-refractivity contribution in [3.05, 3.63) is 59.7 Å². The summed E-state index contributed by atoms with van der Waals surface area (Å²) in [5.41, 5.74) is 2.98. The van der Waals surface area contributed by atoms with Crippen molar-refractivity contribution < 1.29 is 19.1 Å².